The minimum atomic E-state index is -0.389. The molecule has 1 saturated heterocycles. The van der Waals surface area contributed by atoms with Crippen molar-refractivity contribution >= 4 is 46.1 Å². The molecule has 188 valence electrons. The third kappa shape index (κ3) is 5.61. The van der Waals surface area contributed by atoms with E-state index in [4.69, 9.17) is 17.0 Å². The van der Waals surface area contributed by atoms with E-state index in [0.717, 1.165) is 16.9 Å². The van der Waals surface area contributed by atoms with Gasteiger partial charge < -0.3 is 10.1 Å². The van der Waals surface area contributed by atoms with Gasteiger partial charge in [-0.25, -0.2) is 0 Å². The van der Waals surface area contributed by atoms with Crippen molar-refractivity contribution in [1.82, 2.24) is 9.47 Å². The second-order valence-electron chi connectivity index (χ2n) is 8.51. The number of carbonyl (C=O) groups is 1. The molecule has 1 aromatic heterocycles. The number of benzene rings is 2. The zero-order valence-corrected chi connectivity index (χ0v) is 22.4. The molecule has 1 fully saturated rings. The number of nitrogens with zero attached hydrogens (tertiary/aromatic N) is 3. The second kappa shape index (κ2) is 11.5. The number of nitrogens with one attached hydrogen (secondary N) is 1. The highest BCUT2D eigenvalue weighted by Gasteiger charge is 2.32. The average molecular weight is 531 g/mol. The van der Waals surface area contributed by atoms with Gasteiger partial charge >= 0.3 is 0 Å². The van der Waals surface area contributed by atoms with Crippen LogP contribution in [0.3, 0.4) is 0 Å². The number of nitriles is 1. The van der Waals surface area contributed by atoms with Gasteiger partial charge in [0.05, 0.1) is 12.0 Å². The Kier molecular flexibility index (Phi) is 8.11. The summed E-state index contributed by atoms with van der Waals surface area (Å²) < 4.78 is 7.10. The summed E-state index contributed by atoms with van der Waals surface area (Å²) in [5.74, 6) is 1.12. The number of rotatable bonds is 8. The van der Waals surface area contributed by atoms with Crippen LogP contribution in [0.2, 0.25) is 0 Å². The number of methoxy groups -OCH3 is 1. The summed E-state index contributed by atoms with van der Waals surface area (Å²) >= 11 is 6.75. The molecule has 1 aliphatic heterocycles. The van der Waals surface area contributed by atoms with Crippen LogP contribution >= 0.6 is 24.0 Å². The Balaban J connectivity index is 1.63. The van der Waals surface area contributed by atoms with Crippen molar-refractivity contribution in [2.24, 2.45) is 7.05 Å². The predicted molar refractivity (Wildman–Crippen MR) is 151 cm³/mol. The molecule has 1 amide bonds. The first-order valence-electron chi connectivity index (χ1n) is 11.6. The van der Waals surface area contributed by atoms with Gasteiger partial charge in [0.2, 0.25) is 0 Å². The van der Waals surface area contributed by atoms with Crippen molar-refractivity contribution < 1.29 is 9.53 Å². The van der Waals surface area contributed by atoms with Gasteiger partial charge in [-0.2, -0.15) is 5.26 Å². The van der Waals surface area contributed by atoms with Gasteiger partial charge in [-0.15, -0.1) is 0 Å². The van der Waals surface area contributed by atoms with Gasteiger partial charge in [-0.05, 0) is 48.2 Å². The highest BCUT2D eigenvalue weighted by Crippen LogP contribution is 2.35. The minimum absolute atomic E-state index is 0.0500. The summed E-state index contributed by atoms with van der Waals surface area (Å²) in [4.78, 5) is 28.2. The number of thiocarbonyl (C=S) groups is 1. The number of thioether (sulfide) groups is 1. The molecular formula is C28H26N4O3S2. The highest BCUT2D eigenvalue weighted by atomic mass is 32.2. The monoisotopic (exact) mass is 530 g/mol. The van der Waals surface area contributed by atoms with E-state index in [9.17, 15) is 14.9 Å². The zero-order valence-electron chi connectivity index (χ0n) is 20.8. The van der Waals surface area contributed by atoms with Gasteiger partial charge in [0.15, 0.2) is 0 Å². The van der Waals surface area contributed by atoms with Gasteiger partial charge in [-0.1, -0.05) is 66.4 Å². The van der Waals surface area contributed by atoms with Crippen molar-refractivity contribution in [3.8, 4) is 11.8 Å². The molecule has 4 rings (SSSR count). The maximum Gasteiger partial charge on any atom is 0.270 e. The van der Waals surface area contributed by atoms with E-state index in [0.29, 0.717) is 45.7 Å². The fraction of sp³-hybridized carbons (Fsp3) is 0.214. The number of carbonyl (C=O) groups excluding carboxylic acids is 1. The molecule has 2 heterocycles. The number of hydrogen-bond donors (Lipinski definition) is 1. The summed E-state index contributed by atoms with van der Waals surface area (Å²) in [7, 11) is 3.24. The number of amides is 1. The maximum absolute atomic E-state index is 13.3. The molecule has 0 saturated carbocycles. The molecule has 0 radical (unpaired) electrons. The maximum atomic E-state index is 13.3. The fourth-order valence-electron chi connectivity index (χ4n) is 4.08. The largest absolute Gasteiger partial charge is 0.497 e. The second-order valence-corrected chi connectivity index (χ2v) is 10.2. The van der Waals surface area contributed by atoms with Gasteiger partial charge in [0, 0.05) is 25.7 Å². The molecular weight excluding hydrogens is 504 g/mol. The smallest absolute Gasteiger partial charge is 0.270 e. The molecule has 0 unspecified atom stereocenters. The van der Waals surface area contributed by atoms with E-state index in [1.165, 1.54) is 16.3 Å². The van der Waals surface area contributed by atoms with E-state index in [1.807, 2.05) is 60.7 Å². The van der Waals surface area contributed by atoms with Crippen LogP contribution in [0, 0.1) is 18.3 Å². The first-order valence-corrected chi connectivity index (χ1v) is 12.9. The Hall–Kier alpha value is -3.87. The van der Waals surface area contributed by atoms with Crippen molar-refractivity contribution in [2.75, 3.05) is 19.0 Å². The first-order chi connectivity index (χ1) is 17.8. The molecule has 37 heavy (non-hydrogen) atoms. The number of ether oxygens (including phenoxy) is 1. The van der Waals surface area contributed by atoms with Crippen LogP contribution in [0.15, 0.2) is 64.3 Å². The molecule has 1 aliphatic rings. The molecule has 0 spiro atoms. The number of anilines is 1. The molecule has 0 aliphatic carbocycles. The Labute approximate surface area is 225 Å². The zero-order chi connectivity index (χ0) is 26.5. The predicted octanol–water partition coefficient (Wildman–Crippen LogP) is 4.63. The molecule has 0 bridgehead atoms. The topological polar surface area (TPSA) is 87.4 Å². The standard InChI is InChI=1S/C28H26N4O3S2/c1-18-22(25(31(2)26(33)23(18)16-29)30-17-20-7-5-4-6-8-20)15-24-27(34)32(28(36)37-24)14-13-19-9-11-21(35-3)12-10-19/h4-12,15,30H,13-14,17H2,1-3H3/b24-15+. The van der Waals surface area contributed by atoms with E-state index >= 15 is 0 Å². The Morgan fingerprint density at radius 1 is 1.11 bits per heavy atom. The van der Waals surface area contributed by atoms with Gasteiger partial charge in [0.1, 0.15) is 27.5 Å². The van der Waals surface area contributed by atoms with Gasteiger partial charge in [-0.3, -0.25) is 19.1 Å². The molecule has 7 nitrogen and oxygen atoms in total. The van der Waals surface area contributed by atoms with Crippen LogP contribution < -0.4 is 15.6 Å². The lowest BCUT2D eigenvalue weighted by molar-refractivity contribution is -0.122. The Bertz CT molecular complexity index is 1470. The molecule has 1 N–H and O–H groups in total. The lowest BCUT2D eigenvalue weighted by atomic mass is 10.0. The fourth-order valence-corrected chi connectivity index (χ4v) is 5.37. The van der Waals surface area contributed by atoms with Crippen LogP contribution in [0.25, 0.3) is 6.08 Å². The Morgan fingerprint density at radius 3 is 2.46 bits per heavy atom. The summed E-state index contributed by atoms with van der Waals surface area (Å²) in [6.07, 6.45) is 2.38. The van der Waals surface area contributed by atoms with E-state index in [-0.39, 0.29) is 17.0 Å². The third-order valence-electron chi connectivity index (χ3n) is 6.23. The van der Waals surface area contributed by atoms with Crippen LogP contribution in [0.1, 0.15) is 27.8 Å². The summed E-state index contributed by atoms with van der Waals surface area (Å²) in [5.41, 5.74) is 2.90. The number of pyridine rings is 1. The van der Waals surface area contributed by atoms with Crippen LogP contribution in [-0.2, 0) is 24.8 Å². The molecule has 3 aromatic rings. The van der Waals surface area contributed by atoms with E-state index in [1.54, 1.807) is 32.1 Å². The van der Waals surface area contributed by atoms with Crippen molar-refractivity contribution in [3.63, 3.8) is 0 Å². The molecule has 0 atom stereocenters. The lowest BCUT2D eigenvalue weighted by Gasteiger charge is -2.18. The van der Waals surface area contributed by atoms with Crippen molar-refractivity contribution in [2.45, 2.75) is 19.9 Å². The number of aromatic nitrogens is 1. The van der Waals surface area contributed by atoms with Gasteiger partial charge in [0.25, 0.3) is 11.5 Å². The molecule has 2 aromatic carbocycles. The van der Waals surface area contributed by atoms with Crippen molar-refractivity contribution in [3.05, 3.63) is 97.7 Å². The minimum Gasteiger partial charge on any atom is -0.497 e. The van der Waals surface area contributed by atoms with Crippen LogP contribution in [-0.4, -0.2) is 33.3 Å². The summed E-state index contributed by atoms with van der Waals surface area (Å²) in [6.45, 7) is 2.65. The van der Waals surface area contributed by atoms with Crippen molar-refractivity contribution in [1.29, 1.82) is 5.26 Å². The Morgan fingerprint density at radius 2 is 1.81 bits per heavy atom. The lowest BCUT2D eigenvalue weighted by Crippen LogP contribution is -2.30. The summed E-state index contributed by atoms with van der Waals surface area (Å²) in [5, 5.41) is 13.0. The van der Waals surface area contributed by atoms with Crippen LogP contribution in [0.5, 0.6) is 5.75 Å². The first kappa shape index (κ1) is 26.2. The number of hydrogen-bond acceptors (Lipinski definition) is 7. The SMILES string of the molecule is COc1ccc(CCN2C(=O)/C(=C\c3c(C)c(C#N)c(=O)n(C)c3NCc3ccccc3)SC2=S)cc1. The summed E-state index contributed by atoms with van der Waals surface area (Å²) in [6, 6.07) is 19.5. The van der Waals surface area contributed by atoms with Crippen LogP contribution in [0.4, 0.5) is 5.82 Å². The third-order valence-corrected chi connectivity index (χ3v) is 7.61. The molecule has 9 heteroatoms. The quantitative estimate of drug-likeness (QED) is 0.336. The average Bonchev–Trinajstić information content (AvgIpc) is 3.18. The van der Waals surface area contributed by atoms with E-state index in [2.05, 4.69) is 5.32 Å². The highest BCUT2D eigenvalue weighted by molar-refractivity contribution is 8.26. The normalized spacial score (nSPS) is 14.2. The van der Waals surface area contributed by atoms with E-state index < -0.39 is 0 Å².